The molecular formula is C12H8BClO. The van der Waals surface area contributed by atoms with E-state index in [1.54, 1.807) is 0 Å². The maximum atomic E-state index is 5.92. The van der Waals surface area contributed by atoms with Crippen molar-refractivity contribution in [2.45, 2.75) is 0 Å². The van der Waals surface area contributed by atoms with Crippen molar-refractivity contribution in [3.63, 3.8) is 0 Å². The van der Waals surface area contributed by atoms with Crippen LogP contribution in [-0.2, 0) is 0 Å². The SMILES string of the molecule is Bc1ccc2oc3cc(Cl)ccc3c2c1. The maximum absolute atomic E-state index is 5.92. The highest BCUT2D eigenvalue weighted by Gasteiger charge is 2.06. The number of hydrogen-bond acceptors (Lipinski definition) is 1. The van der Waals surface area contributed by atoms with E-state index in [0.29, 0.717) is 5.02 Å². The normalized spacial score (nSPS) is 11.3. The molecule has 0 unspecified atom stereocenters. The van der Waals surface area contributed by atoms with Gasteiger partial charge in [-0.05, 0) is 18.2 Å². The van der Waals surface area contributed by atoms with Crippen molar-refractivity contribution in [3.8, 4) is 0 Å². The van der Waals surface area contributed by atoms with Crippen LogP contribution in [0.15, 0.2) is 40.8 Å². The Morgan fingerprint density at radius 1 is 0.933 bits per heavy atom. The van der Waals surface area contributed by atoms with E-state index in [0.717, 1.165) is 21.9 Å². The second-order valence-corrected chi connectivity index (χ2v) is 4.18. The highest BCUT2D eigenvalue weighted by atomic mass is 35.5. The molecule has 3 rings (SSSR count). The minimum Gasteiger partial charge on any atom is -0.456 e. The van der Waals surface area contributed by atoms with Gasteiger partial charge in [-0.3, -0.25) is 0 Å². The van der Waals surface area contributed by atoms with Crippen molar-refractivity contribution in [1.82, 2.24) is 0 Å². The quantitative estimate of drug-likeness (QED) is 0.524. The first-order chi connectivity index (χ1) is 7.24. The lowest BCUT2D eigenvalue weighted by molar-refractivity contribution is 0.669. The zero-order valence-corrected chi connectivity index (χ0v) is 9.01. The molecule has 3 heteroatoms. The van der Waals surface area contributed by atoms with E-state index in [-0.39, 0.29) is 0 Å². The van der Waals surface area contributed by atoms with Gasteiger partial charge in [0.1, 0.15) is 19.0 Å². The van der Waals surface area contributed by atoms with Crippen molar-refractivity contribution < 1.29 is 4.42 Å². The first-order valence-electron chi connectivity index (χ1n) is 4.82. The number of furan rings is 1. The number of hydrogen-bond donors (Lipinski definition) is 0. The van der Waals surface area contributed by atoms with Gasteiger partial charge in [0.25, 0.3) is 0 Å². The molecule has 1 nitrogen and oxygen atoms in total. The summed E-state index contributed by atoms with van der Waals surface area (Å²) in [5.41, 5.74) is 3.00. The largest absolute Gasteiger partial charge is 0.456 e. The lowest BCUT2D eigenvalue weighted by Crippen LogP contribution is -1.98. The summed E-state index contributed by atoms with van der Waals surface area (Å²) in [5, 5.41) is 2.98. The first-order valence-corrected chi connectivity index (χ1v) is 5.20. The van der Waals surface area contributed by atoms with Crippen LogP contribution in [0.5, 0.6) is 0 Å². The Morgan fingerprint density at radius 3 is 2.67 bits per heavy atom. The molecule has 0 aliphatic heterocycles. The summed E-state index contributed by atoms with van der Waals surface area (Å²) in [6.45, 7) is 0. The van der Waals surface area contributed by atoms with E-state index >= 15 is 0 Å². The summed E-state index contributed by atoms with van der Waals surface area (Å²) in [5.74, 6) is 0. The summed E-state index contributed by atoms with van der Waals surface area (Å²) in [6.07, 6.45) is 0. The van der Waals surface area contributed by atoms with Crippen LogP contribution in [0.2, 0.25) is 5.02 Å². The van der Waals surface area contributed by atoms with Crippen LogP contribution >= 0.6 is 11.6 Å². The van der Waals surface area contributed by atoms with Crippen LogP contribution < -0.4 is 5.46 Å². The van der Waals surface area contributed by atoms with Crippen molar-refractivity contribution >= 4 is 46.8 Å². The fraction of sp³-hybridized carbons (Fsp3) is 0. The van der Waals surface area contributed by atoms with Crippen LogP contribution in [0.4, 0.5) is 0 Å². The van der Waals surface area contributed by atoms with Gasteiger partial charge in [0.2, 0.25) is 0 Å². The van der Waals surface area contributed by atoms with Crippen LogP contribution in [0.1, 0.15) is 0 Å². The van der Waals surface area contributed by atoms with E-state index in [4.69, 9.17) is 16.0 Å². The Hall–Kier alpha value is -1.41. The minimum atomic E-state index is 0.707. The zero-order chi connectivity index (χ0) is 10.4. The molecule has 0 saturated carbocycles. The third kappa shape index (κ3) is 1.33. The van der Waals surface area contributed by atoms with Gasteiger partial charge < -0.3 is 4.42 Å². The molecule has 0 fully saturated rings. The Kier molecular flexibility index (Phi) is 1.80. The van der Waals surface area contributed by atoms with E-state index in [2.05, 4.69) is 13.9 Å². The van der Waals surface area contributed by atoms with E-state index in [9.17, 15) is 0 Å². The Morgan fingerprint density at radius 2 is 1.80 bits per heavy atom. The molecular weight excluding hydrogens is 206 g/mol. The van der Waals surface area contributed by atoms with Crippen molar-refractivity contribution in [2.24, 2.45) is 0 Å². The molecule has 2 aromatic carbocycles. The topological polar surface area (TPSA) is 13.1 Å². The molecule has 0 amide bonds. The van der Waals surface area contributed by atoms with Gasteiger partial charge in [0.15, 0.2) is 0 Å². The molecule has 3 aromatic rings. The molecule has 0 aliphatic rings. The summed E-state index contributed by atoms with van der Waals surface area (Å²) in [4.78, 5) is 0. The molecule has 0 aliphatic carbocycles. The predicted octanol–water partition coefficient (Wildman–Crippen LogP) is 2.50. The molecule has 0 atom stereocenters. The van der Waals surface area contributed by atoms with Gasteiger partial charge in [-0.1, -0.05) is 29.2 Å². The number of halogens is 1. The number of fused-ring (bicyclic) bond motifs is 3. The first kappa shape index (κ1) is 8.87. The Bertz CT molecular complexity index is 657. The van der Waals surface area contributed by atoms with Crippen LogP contribution in [0.3, 0.4) is 0 Å². The number of benzene rings is 2. The Labute approximate surface area is 93.0 Å². The van der Waals surface area contributed by atoms with Gasteiger partial charge in [-0.15, -0.1) is 0 Å². The van der Waals surface area contributed by atoms with E-state index in [1.807, 2.05) is 30.3 Å². The average Bonchev–Trinajstić information content (AvgIpc) is 2.54. The Balaban J connectivity index is 2.53. The van der Waals surface area contributed by atoms with Crippen LogP contribution in [-0.4, -0.2) is 7.85 Å². The lowest BCUT2D eigenvalue weighted by Gasteiger charge is -1.91. The highest BCUT2D eigenvalue weighted by Crippen LogP contribution is 2.29. The second-order valence-electron chi connectivity index (χ2n) is 3.74. The average molecular weight is 214 g/mol. The summed E-state index contributed by atoms with van der Waals surface area (Å²) in [6, 6.07) is 11.9. The van der Waals surface area contributed by atoms with Crippen molar-refractivity contribution in [2.75, 3.05) is 0 Å². The molecule has 0 bridgehead atoms. The summed E-state index contributed by atoms with van der Waals surface area (Å²) < 4.78 is 5.70. The van der Waals surface area contributed by atoms with E-state index in [1.165, 1.54) is 5.46 Å². The second kappa shape index (κ2) is 3.04. The summed E-state index contributed by atoms with van der Waals surface area (Å²) in [7, 11) is 2.08. The molecule has 0 radical (unpaired) electrons. The molecule has 0 saturated heterocycles. The van der Waals surface area contributed by atoms with Gasteiger partial charge in [-0.2, -0.15) is 0 Å². The maximum Gasteiger partial charge on any atom is 0.139 e. The van der Waals surface area contributed by atoms with Gasteiger partial charge >= 0.3 is 0 Å². The molecule has 72 valence electrons. The monoisotopic (exact) mass is 214 g/mol. The molecule has 1 heterocycles. The van der Waals surface area contributed by atoms with Gasteiger partial charge in [0.05, 0.1) is 0 Å². The smallest absolute Gasteiger partial charge is 0.139 e. The van der Waals surface area contributed by atoms with Gasteiger partial charge in [0, 0.05) is 21.9 Å². The predicted molar refractivity (Wildman–Crippen MR) is 66.9 cm³/mol. The zero-order valence-electron chi connectivity index (χ0n) is 8.25. The lowest BCUT2D eigenvalue weighted by atomic mass is 9.94. The highest BCUT2D eigenvalue weighted by molar-refractivity contribution is 6.34. The van der Waals surface area contributed by atoms with Crippen LogP contribution in [0.25, 0.3) is 21.9 Å². The molecule has 1 aromatic heterocycles. The third-order valence-corrected chi connectivity index (χ3v) is 2.82. The fourth-order valence-corrected chi connectivity index (χ4v) is 2.03. The van der Waals surface area contributed by atoms with E-state index < -0.39 is 0 Å². The fourth-order valence-electron chi connectivity index (χ4n) is 1.86. The standard InChI is InChI=1S/C12H8BClO/c13-7-1-4-11-10(5-7)9-3-2-8(14)6-12(9)15-11/h1-6H,13H2. The van der Waals surface area contributed by atoms with Crippen LogP contribution in [0, 0.1) is 0 Å². The molecule has 15 heavy (non-hydrogen) atoms. The van der Waals surface area contributed by atoms with Crippen molar-refractivity contribution in [3.05, 3.63) is 41.4 Å². The summed E-state index contributed by atoms with van der Waals surface area (Å²) >= 11 is 5.92. The minimum absolute atomic E-state index is 0.707. The number of rotatable bonds is 0. The third-order valence-electron chi connectivity index (χ3n) is 2.59. The molecule has 0 spiro atoms. The van der Waals surface area contributed by atoms with Gasteiger partial charge in [-0.25, -0.2) is 0 Å². The molecule has 0 N–H and O–H groups in total. The van der Waals surface area contributed by atoms with Crippen molar-refractivity contribution in [1.29, 1.82) is 0 Å².